The second kappa shape index (κ2) is 5.74. The largest absolute Gasteiger partial charge is 0.396 e. The Labute approximate surface area is 113 Å². The number of amides is 1. The van der Waals surface area contributed by atoms with E-state index in [1.165, 1.54) is 0 Å². The van der Waals surface area contributed by atoms with Crippen LogP contribution in [-0.4, -0.2) is 28.8 Å². The summed E-state index contributed by atoms with van der Waals surface area (Å²) in [6.45, 7) is 5.65. The molecule has 0 aliphatic heterocycles. The summed E-state index contributed by atoms with van der Waals surface area (Å²) >= 11 is 0. The number of aryl methyl sites for hydroxylation is 2. The number of aliphatic hydroxyl groups excluding tert-OH is 1. The zero-order valence-corrected chi connectivity index (χ0v) is 11.8. The van der Waals surface area contributed by atoms with Gasteiger partial charge in [-0.25, -0.2) is 0 Å². The number of aliphatic hydroxyl groups is 1. The van der Waals surface area contributed by atoms with E-state index in [-0.39, 0.29) is 24.5 Å². The zero-order chi connectivity index (χ0) is 14.0. The molecule has 1 saturated carbocycles. The van der Waals surface area contributed by atoms with E-state index in [4.69, 9.17) is 9.63 Å². The fraction of sp³-hybridized carbons (Fsp3) is 0.714. The van der Waals surface area contributed by atoms with Gasteiger partial charge < -0.3 is 14.9 Å². The fourth-order valence-corrected chi connectivity index (χ4v) is 2.61. The highest BCUT2D eigenvalue weighted by atomic mass is 16.5. The fourth-order valence-electron chi connectivity index (χ4n) is 2.61. The summed E-state index contributed by atoms with van der Waals surface area (Å²) in [6.07, 6.45) is 2.92. The summed E-state index contributed by atoms with van der Waals surface area (Å²) in [7, 11) is 0. The molecular formula is C14H22N2O3. The maximum atomic E-state index is 12.3. The summed E-state index contributed by atoms with van der Waals surface area (Å²) in [6, 6.07) is 0.0976. The predicted molar refractivity (Wildman–Crippen MR) is 70.7 cm³/mol. The van der Waals surface area contributed by atoms with Gasteiger partial charge in [-0.3, -0.25) is 4.79 Å². The predicted octanol–water partition coefficient (Wildman–Crippen LogP) is 1.67. The molecule has 1 heterocycles. The quantitative estimate of drug-likeness (QED) is 0.821. The molecule has 0 spiro atoms. The van der Waals surface area contributed by atoms with Gasteiger partial charge in [0.1, 0.15) is 5.76 Å². The molecule has 19 heavy (non-hydrogen) atoms. The summed E-state index contributed by atoms with van der Waals surface area (Å²) in [5, 5.41) is 16.0. The van der Waals surface area contributed by atoms with Crippen LogP contribution in [0.4, 0.5) is 0 Å². The second-order valence-corrected chi connectivity index (χ2v) is 5.42. The molecule has 1 aromatic heterocycles. The highest BCUT2D eigenvalue weighted by Gasteiger charge is 2.33. The van der Waals surface area contributed by atoms with Gasteiger partial charge in [0.15, 0.2) is 0 Å². The maximum absolute atomic E-state index is 12.3. The molecule has 1 fully saturated rings. The smallest absolute Gasteiger partial charge is 0.227 e. The molecule has 2 unspecified atom stereocenters. The van der Waals surface area contributed by atoms with Gasteiger partial charge in [-0.1, -0.05) is 5.16 Å². The first-order valence-corrected chi connectivity index (χ1v) is 6.88. The van der Waals surface area contributed by atoms with E-state index in [2.05, 4.69) is 10.5 Å². The van der Waals surface area contributed by atoms with Crippen LogP contribution in [0.25, 0.3) is 0 Å². The lowest BCUT2D eigenvalue weighted by molar-refractivity contribution is -0.123. The molecular weight excluding hydrogens is 244 g/mol. The highest BCUT2D eigenvalue weighted by molar-refractivity contribution is 5.84. The van der Waals surface area contributed by atoms with Crippen molar-refractivity contribution in [2.45, 2.75) is 52.0 Å². The van der Waals surface area contributed by atoms with E-state index in [0.717, 1.165) is 24.1 Å². The number of carbonyl (C=O) groups is 1. The van der Waals surface area contributed by atoms with Crippen LogP contribution in [0, 0.1) is 19.8 Å². The van der Waals surface area contributed by atoms with Crippen LogP contribution < -0.4 is 5.32 Å². The molecule has 5 nitrogen and oxygen atoms in total. The average molecular weight is 266 g/mol. The Morgan fingerprint density at radius 1 is 1.53 bits per heavy atom. The first kappa shape index (κ1) is 14.1. The molecule has 1 amide bonds. The maximum Gasteiger partial charge on any atom is 0.227 e. The minimum atomic E-state index is -0.272. The Kier molecular flexibility index (Phi) is 4.24. The van der Waals surface area contributed by atoms with Crippen LogP contribution in [0.2, 0.25) is 0 Å². The molecule has 2 atom stereocenters. The average Bonchev–Trinajstić information content (AvgIpc) is 3.15. The molecule has 1 aromatic rings. The first-order chi connectivity index (χ1) is 9.04. The number of hydrogen-bond acceptors (Lipinski definition) is 4. The number of aromatic nitrogens is 1. The van der Waals surface area contributed by atoms with Gasteiger partial charge >= 0.3 is 0 Å². The Morgan fingerprint density at radius 2 is 2.21 bits per heavy atom. The van der Waals surface area contributed by atoms with Crippen molar-refractivity contribution in [3.8, 4) is 0 Å². The van der Waals surface area contributed by atoms with Crippen molar-refractivity contribution in [1.82, 2.24) is 10.5 Å². The lowest BCUT2D eigenvalue weighted by Gasteiger charge is -2.20. The van der Waals surface area contributed by atoms with Gasteiger partial charge in [0.05, 0.1) is 11.6 Å². The van der Waals surface area contributed by atoms with E-state index in [1.54, 1.807) is 0 Å². The van der Waals surface area contributed by atoms with E-state index < -0.39 is 0 Å². The Balaban J connectivity index is 2.02. The summed E-state index contributed by atoms with van der Waals surface area (Å²) < 4.78 is 5.11. The second-order valence-electron chi connectivity index (χ2n) is 5.42. The zero-order valence-electron chi connectivity index (χ0n) is 11.8. The topological polar surface area (TPSA) is 75.4 Å². The summed E-state index contributed by atoms with van der Waals surface area (Å²) in [5.41, 5.74) is 1.64. The molecule has 0 saturated heterocycles. The first-order valence-electron chi connectivity index (χ1n) is 6.88. The molecule has 2 rings (SSSR count). The van der Waals surface area contributed by atoms with E-state index >= 15 is 0 Å². The van der Waals surface area contributed by atoms with Crippen LogP contribution in [0.3, 0.4) is 0 Å². The van der Waals surface area contributed by atoms with Gasteiger partial charge in [0.2, 0.25) is 5.91 Å². The van der Waals surface area contributed by atoms with Gasteiger partial charge in [0, 0.05) is 18.2 Å². The molecule has 0 bridgehead atoms. The summed E-state index contributed by atoms with van der Waals surface area (Å²) in [4.78, 5) is 12.3. The molecule has 106 valence electrons. The third-order valence-electron chi connectivity index (χ3n) is 3.87. The molecule has 1 aliphatic rings. The van der Waals surface area contributed by atoms with Gasteiger partial charge in [-0.05, 0) is 46.0 Å². The van der Waals surface area contributed by atoms with Crippen molar-refractivity contribution in [3.63, 3.8) is 0 Å². The molecule has 2 N–H and O–H groups in total. The lowest BCUT2D eigenvalue weighted by atomic mass is 9.97. The minimum Gasteiger partial charge on any atom is -0.396 e. The molecule has 5 heteroatoms. The van der Waals surface area contributed by atoms with Gasteiger partial charge in [-0.2, -0.15) is 0 Å². The van der Waals surface area contributed by atoms with Crippen molar-refractivity contribution in [3.05, 3.63) is 17.0 Å². The summed E-state index contributed by atoms with van der Waals surface area (Å²) in [5.74, 6) is 0.948. The Hall–Kier alpha value is -1.36. The van der Waals surface area contributed by atoms with E-state index in [1.807, 2.05) is 20.8 Å². The number of carbonyl (C=O) groups excluding carboxylic acids is 1. The Bertz CT molecular complexity index is 432. The molecule has 1 aliphatic carbocycles. The lowest BCUT2D eigenvalue weighted by Crippen LogP contribution is -2.39. The standard InChI is InChI=1S/C14H22N2O3/c1-8(13-9(2)16-19-10(13)3)14(18)15-12(6-7-17)11-4-5-11/h8,11-12,17H,4-7H2,1-3H3,(H,15,18). The van der Waals surface area contributed by atoms with Crippen molar-refractivity contribution < 1.29 is 14.4 Å². The van der Waals surface area contributed by atoms with Crippen LogP contribution in [0.15, 0.2) is 4.52 Å². The van der Waals surface area contributed by atoms with E-state index in [9.17, 15) is 4.79 Å². The van der Waals surface area contributed by atoms with Crippen molar-refractivity contribution in [2.75, 3.05) is 6.61 Å². The highest BCUT2D eigenvalue weighted by Crippen LogP contribution is 2.34. The van der Waals surface area contributed by atoms with Crippen molar-refractivity contribution in [2.24, 2.45) is 5.92 Å². The minimum absolute atomic E-state index is 0.0141. The molecule has 0 radical (unpaired) electrons. The molecule has 0 aromatic carbocycles. The van der Waals surface area contributed by atoms with Gasteiger partial charge in [0.25, 0.3) is 0 Å². The van der Waals surface area contributed by atoms with Gasteiger partial charge in [-0.15, -0.1) is 0 Å². The Morgan fingerprint density at radius 3 is 2.68 bits per heavy atom. The third kappa shape index (κ3) is 3.15. The normalized spacial score (nSPS) is 18.1. The number of nitrogens with zero attached hydrogens (tertiary/aromatic N) is 1. The van der Waals surface area contributed by atoms with E-state index in [0.29, 0.717) is 18.1 Å². The SMILES string of the molecule is Cc1noc(C)c1C(C)C(=O)NC(CCO)C1CC1. The number of rotatable bonds is 6. The number of hydrogen-bond donors (Lipinski definition) is 2. The van der Waals surface area contributed by atoms with Crippen LogP contribution >= 0.6 is 0 Å². The van der Waals surface area contributed by atoms with Crippen molar-refractivity contribution in [1.29, 1.82) is 0 Å². The van der Waals surface area contributed by atoms with Crippen molar-refractivity contribution >= 4 is 5.91 Å². The van der Waals surface area contributed by atoms with Crippen LogP contribution in [-0.2, 0) is 4.79 Å². The third-order valence-corrected chi connectivity index (χ3v) is 3.87. The number of nitrogens with one attached hydrogen (secondary N) is 1. The van der Waals surface area contributed by atoms with Crippen LogP contribution in [0.1, 0.15) is 49.1 Å². The van der Waals surface area contributed by atoms with Crippen LogP contribution in [0.5, 0.6) is 0 Å². The monoisotopic (exact) mass is 266 g/mol.